The van der Waals surface area contributed by atoms with Gasteiger partial charge in [-0.1, -0.05) is 48.5 Å². The zero-order valence-electron chi connectivity index (χ0n) is 17.5. The number of anilines is 1. The van der Waals surface area contributed by atoms with Gasteiger partial charge in [0.05, 0.1) is 5.92 Å². The molecule has 1 N–H and O–H groups in total. The molecule has 5 heteroatoms. The van der Waals surface area contributed by atoms with E-state index < -0.39 is 0 Å². The number of piperidine rings is 2. The molecule has 2 heterocycles. The monoisotopic (exact) mass is 405 g/mol. The van der Waals surface area contributed by atoms with E-state index >= 15 is 0 Å². The standard InChI is InChI=1S/C25H31N3O2/c29-24(27-16-13-21(14-17-27)18-20-8-3-1-4-9-20)22-10-7-15-28(19-22)25(30)26-23-11-5-2-6-12-23/h1-6,8-9,11-12,21-22H,7,10,13-19H2,(H,26,30)/t22-/m1/s1. The SMILES string of the molecule is O=C(Nc1ccccc1)N1CCC[C@@H](C(=O)N2CCC(Cc3ccccc3)CC2)C1. The van der Waals surface area contributed by atoms with Gasteiger partial charge in [-0.3, -0.25) is 4.79 Å². The molecule has 0 aliphatic carbocycles. The Balaban J connectivity index is 1.27. The largest absolute Gasteiger partial charge is 0.342 e. The first kappa shape index (κ1) is 20.5. The fourth-order valence-corrected chi connectivity index (χ4v) is 4.65. The van der Waals surface area contributed by atoms with Crippen molar-refractivity contribution in [2.45, 2.75) is 32.1 Å². The third-order valence-corrected chi connectivity index (χ3v) is 6.38. The van der Waals surface area contributed by atoms with E-state index in [0.717, 1.165) is 50.9 Å². The van der Waals surface area contributed by atoms with E-state index in [-0.39, 0.29) is 17.9 Å². The lowest BCUT2D eigenvalue weighted by molar-refractivity contribution is -0.138. The van der Waals surface area contributed by atoms with Crippen LogP contribution in [0, 0.1) is 11.8 Å². The quantitative estimate of drug-likeness (QED) is 0.819. The first-order valence-electron chi connectivity index (χ1n) is 11.1. The highest BCUT2D eigenvalue weighted by molar-refractivity contribution is 5.90. The van der Waals surface area contributed by atoms with Crippen LogP contribution in [0.15, 0.2) is 60.7 Å². The van der Waals surface area contributed by atoms with Crippen LogP contribution < -0.4 is 5.32 Å². The number of rotatable bonds is 4. The molecule has 2 fully saturated rings. The van der Waals surface area contributed by atoms with Crippen LogP contribution >= 0.6 is 0 Å². The molecule has 2 aromatic rings. The summed E-state index contributed by atoms with van der Waals surface area (Å²) >= 11 is 0. The fourth-order valence-electron chi connectivity index (χ4n) is 4.65. The van der Waals surface area contributed by atoms with Crippen LogP contribution in [0.1, 0.15) is 31.2 Å². The Kier molecular flexibility index (Phi) is 6.67. The van der Waals surface area contributed by atoms with Gasteiger partial charge >= 0.3 is 6.03 Å². The summed E-state index contributed by atoms with van der Waals surface area (Å²) in [6, 6.07) is 20.0. The van der Waals surface area contributed by atoms with Crippen molar-refractivity contribution in [3.63, 3.8) is 0 Å². The number of para-hydroxylation sites is 1. The molecule has 0 radical (unpaired) electrons. The number of likely N-dealkylation sites (tertiary alicyclic amines) is 2. The van der Waals surface area contributed by atoms with Gasteiger partial charge in [-0.2, -0.15) is 0 Å². The van der Waals surface area contributed by atoms with E-state index in [1.807, 2.05) is 35.2 Å². The molecule has 158 valence electrons. The second-order valence-corrected chi connectivity index (χ2v) is 8.54. The van der Waals surface area contributed by atoms with Gasteiger partial charge in [0.1, 0.15) is 0 Å². The summed E-state index contributed by atoms with van der Waals surface area (Å²) < 4.78 is 0. The molecule has 30 heavy (non-hydrogen) atoms. The molecule has 0 unspecified atom stereocenters. The van der Waals surface area contributed by atoms with Crippen LogP contribution in [0.4, 0.5) is 10.5 Å². The summed E-state index contributed by atoms with van der Waals surface area (Å²) in [4.78, 5) is 29.6. The Labute approximate surface area is 179 Å². The molecule has 2 aliphatic heterocycles. The Bertz CT molecular complexity index is 832. The molecule has 1 atom stereocenters. The van der Waals surface area contributed by atoms with Crippen molar-refractivity contribution in [2.75, 3.05) is 31.5 Å². The molecule has 5 nitrogen and oxygen atoms in total. The normalized spacial score (nSPS) is 20.1. The second kappa shape index (κ2) is 9.79. The van der Waals surface area contributed by atoms with E-state index in [4.69, 9.17) is 0 Å². The fraction of sp³-hybridized carbons (Fsp3) is 0.440. The average molecular weight is 406 g/mol. The molecule has 0 saturated carbocycles. The number of carbonyl (C=O) groups excluding carboxylic acids is 2. The average Bonchev–Trinajstić information content (AvgIpc) is 2.80. The predicted molar refractivity (Wildman–Crippen MR) is 119 cm³/mol. The number of amides is 3. The van der Waals surface area contributed by atoms with Crippen LogP contribution in [0.5, 0.6) is 0 Å². The number of hydrogen-bond acceptors (Lipinski definition) is 2. The molecule has 3 amide bonds. The van der Waals surface area contributed by atoms with E-state index in [1.165, 1.54) is 5.56 Å². The first-order valence-corrected chi connectivity index (χ1v) is 11.1. The van der Waals surface area contributed by atoms with Gasteiger partial charge in [-0.15, -0.1) is 0 Å². The lowest BCUT2D eigenvalue weighted by Gasteiger charge is -2.38. The van der Waals surface area contributed by atoms with Gasteiger partial charge in [-0.25, -0.2) is 4.79 Å². The summed E-state index contributed by atoms with van der Waals surface area (Å²) in [5.41, 5.74) is 2.17. The zero-order valence-corrected chi connectivity index (χ0v) is 17.5. The highest BCUT2D eigenvalue weighted by Gasteiger charge is 2.33. The van der Waals surface area contributed by atoms with E-state index in [0.29, 0.717) is 19.0 Å². The maximum Gasteiger partial charge on any atom is 0.321 e. The van der Waals surface area contributed by atoms with E-state index in [2.05, 4.69) is 35.6 Å². The Morgan fingerprint density at radius 2 is 1.50 bits per heavy atom. The van der Waals surface area contributed by atoms with Crippen LogP contribution in [0.25, 0.3) is 0 Å². The number of carbonyl (C=O) groups is 2. The van der Waals surface area contributed by atoms with Crippen molar-refractivity contribution in [1.29, 1.82) is 0 Å². The molecule has 2 saturated heterocycles. The number of hydrogen-bond donors (Lipinski definition) is 1. The van der Waals surface area contributed by atoms with Crippen molar-refractivity contribution in [1.82, 2.24) is 9.80 Å². The maximum atomic E-state index is 13.1. The number of nitrogens with one attached hydrogen (secondary N) is 1. The number of benzene rings is 2. The van der Waals surface area contributed by atoms with Crippen LogP contribution in [0.2, 0.25) is 0 Å². The minimum Gasteiger partial charge on any atom is -0.342 e. The lowest BCUT2D eigenvalue weighted by atomic mass is 9.89. The molecule has 4 rings (SSSR count). The van der Waals surface area contributed by atoms with Crippen LogP contribution in [-0.2, 0) is 11.2 Å². The summed E-state index contributed by atoms with van der Waals surface area (Å²) in [6.45, 7) is 2.90. The third-order valence-electron chi connectivity index (χ3n) is 6.38. The van der Waals surface area contributed by atoms with Crippen molar-refractivity contribution in [2.24, 2.45) is 11.8 Å². The Morgan fingerprint density at radius 3 is 2.20 bits per heavy atom. The Hall–Kier alpha value is -2.82. The topological polar surface area (TPSA) is 52.7 Å². The van der Waals surface area contributed by atoms with Crippen molar-refractivity contribution in [3.8, 4) is 0 Å². The zero-order chi connectivity index (χ0) is 20.8. The van der Waals surface area contributed by atoms with Gasteiger partial charge in [0.15, 0.2) is 0 Å². The second-order valence-electron chi connectivity index (χ2n) is 8.54. The first-order chi connectivity index (χ1) is 14.7. The van der Waals surface area contributed by atoms with E-state index in [9.17, 15) is 9.59 Å². The van der Waals surface area contributed by atoms with Crippen LogP contribution in [0.3, 0.4) is 0 Å². The molecule has 2 aliphatic rings. The van der Waals surface area contributed by atoms with Gasteiger partial charge < -0.3 is 15.1 Å². The molecule has 0 bridgehead atoms. The molecule has 0 aromatic heterocycles. The number of nitrogens with zero attached hydrogens (tertiary/aromatic N) is 2. The van der Waals surface area contributed by atoms with Crippen molar-refractivity contribution < 1.29 is 9.59 Å². The Morgan fingerprint density at radius 1 is 0.833 bits per heavy atom. The summed E-state index contributed by atoms with van der Waals surface area (Å²) in [5, 5.41) is 2.94. The molecular weight excluding hydrogens is 374 g/mol. The maximum absolute atomic E-state index is 13.1. The number of urea groups is 1. The summed E-state index contributed by atoms with van der Waals surface area (Å²) in [6.07, 6.45) is 4.97. The lowest BCUT2D eigenvalue weighted by Crippen LogP contribution is -2.49. The van der Waals surface area contributed by atoms with Crippen LogP contribution in [-0.4, -0.2) is 47.9 Å². The summed E-state index contributed by atoms with van der Waals surface area (Å²) in [7, 11) is 0. The predicted octanol–water partition coefficient (Wildman–Crippen LogP) is 4.41. The van der Waals surface area contributed by atoms with Gasteiger partial charge in [0.2, 0.25) is 5.91 Å². The summed E-state index contributed by atoms with van der Waals surface area (Å²) in [5.74, 6) is 0.798. The molecule has 2 aromatic carbocycles. The highest BCUT2D eigenvalue weighted by Crippen LogP contribution is 2.25. The van der Waals surface area contributed by atoms with Gasteiger partial charge in [0.25, 0.3) is 0 Å². The highest BCUT2D eigenvalue weighted by atomic mass is 16.2. The molecular formula is C25H31N3O2. The third kappa shape index (κ3) is 5.21. The van der Waals surface area contributed by atoms with Crippen molar-refractivity contribution in [3.05, 3.63) is 66.2 Å². The minimum absolute atomic E-state index is 0.0778. The van der Waals surface area contributed by atoms with Gasteiger partial charge in [-0.05, 0) is 55.7 Å². The minimum atomic E-state index is -0.111. The smallest absolute Gasteiger partial charge is 0.321 e. The van der Waals surface area contributed by atoms with Crippen molar-refractivity contribution >= 4 is 17.6 Å². The molecule has 0 spiro atoms. The van der Waals surface area contributed by atoms with Gasteiger partial charge in [0, 0.05) is 31.9 Å². The van der Waals surface area contributed by atoms with E-state index in [1.54, 1.807) is 4.90 Å².